The Hall–Kier alpha value is -2.64. The lowest BCUT2D eigenvalue weighted by Crippen LogP contribution is -2.11. The summed E-state index contributed by atoms with van der Waals surface area (Å²) < 4.78 is 8.33. The molecule has 0 unspecified atom stereocenters. The van der Waals surface area contributed by atoms with Crippen LogP contribution in [0.4, 0.5) is 5.13 Å². The van der Waals surface area contributed by atoms with Crippen molar-refractivity contribution in [2.75, 3.05) is 5.32 Å². The Balaban J connectivity index is 1.59. The quantitative estimate of drug-likeness (QED) is 0.543. The summed E-state index contributed by atoms with van der Waals surface area (Å²) in [5.41, 5.74) is 7.70. The Morgan fingerprint density at radius 2 is 1.73 bits per heavy atom. The number of carbonyl (C=O) groups is 1. The number of hydrogen-bond donors (Lipinski definition) is 1. The molecule has 2 aromatic carbocycles. The molecule has 1 N–H and O–H groups in total. The van der Waals surface area contributed by atoms with Crippen molar-refractivity contribution in [1.82, 2.24) is 13.7 Å². The molecule has 0 spiro atoms. The Labute approximate surface area is 159 Å². The first-order valence-corrected chi connectivity index (χ1v) is 9.69. The number of thiazole rings is 1. The van der Waals surface area contributed by atoms with E-state index in [0.29, 0.717) is 10.7 Å². The molecule has 0 saturated heterocycles. The van der Waals surface area contributed by atoms with Crippen LogP contribution in [-0.2, 0) is 0 Å². The van der Waals surface area contributed by atoms with Crippen LogP contribution in [0.15, 0.2) is 35.7 Å². The first-order valence-electron chi connectivity index (χ1n) is 8.08. The molecule has 5 nitrogen and oxygen atoms in total. The van der Waals surface area contributed by atoms with Gasteiger partial charge in [0.25, 0.3) is 5.91 Å². The molecule has 0 bridgehead atoms. The van der Waals surface area contributed by atoms with Gasteiger partial charge in [-0.2, -0.15) is 8.75 Å². The standard InChI is InChI=1S/C19H16N4OS2/c1-10-6-11(2)17(12(3)7-10)16-9-25-19(20-16)21-18(24)13-4-5-14-15(8-13)23-26-22-14/h4-9H,1-3H3,(H,20,21,24). The first kappa shape index (κ1) is 16.8. The Morgan fingerprint density at radius 1 is 1.00 bits per heavy atom. The second kappa shape index (κ2) is 6.59. The molecule has 26 heavy (non-hydrogen) atoms. The van der Waals surface area contributed by atoms with Crippen LogP contribution in [0.1, 0.15) is 27.0 Å². The molecule has 0 aliphatic rings. The summed E-state index contributed by atoms with van der Waals surface area (Å²) in [6.45, 7) is 6.26. The van der Waals surface area contributed by atoms with E-state index in [-0.39, 0.29) is 5.91 Å². The van der Waals surface area contributed by atoms with E-state index in [0.717, 1.165) is 34.0 Å². The molecule has 4 aromatic rings. The largest absolute Gasteiger partial charge is 0.298 e. The fourth-order valence-electron chi connectivity index (χ4n) is 3.12. The minimum Gasteiger partial charge on any atom is -0.298 e. The second-order valence-corrected chi connectivity index (χ2v) is 7.62. The maximum atomic E-state index is 12.5. The number of benzene rings is 2. The Kier molecular flexibility index (Phi) is 4.26. The van der Waals surface area contributed by atoms with E-state index in [2.05, 4.69) is 52.0 Å². The highest BCUT2D eigenvalue weighted by molar-refractivity contribution is 7.14. The highest BCUT2D eigenvalue weighted by Crippen LogP contribution is 2.31. The lowest BCUT2D eigenvalue weighted by Gasteiger charge is -2.08. The van der Waals surface area contributed by atoms with Crippen molar-refractivity contribution in [3.63, 3.8) is 0 Å². The van der Waals surface area contributed by atoms with Gasteiger partial charge >= 0.3 is 0 Å². The van der Waals surface area contributed by atoms with Gasteiger partial charge in [0.2, 0.25) is 0 Å². The molecular weight excluding hydrogens is 364 g/mol. The molecule has 0 aliphatic heterocycles. The fraction of sp³-hybridized carbons (Fsp3) is 0.158. The molecule has 7 heteroatoms. The number of rotatable bonds is 3. The number of nitrogens with zero attached hydrogens (tertiary/aromatic N) is 3. The average Bonchev–Trinajstić information content (AvgIpc) is 3.22. The maximum absolute atomic E-state index is 12.5. The molecule has 4 rings (SSSR count). The van der Waals surface area contributed by atoms with E-state index >= 15 is 0 Å². The molecule has 0 atom stereocenters. The van der Waals surface area contributed by atoms with Gasteiger partial charge in [0.15, 0.2) is 5.13 Å². The van der Waals surface area contributed by atoms with E-state index in [1.807, 2.05) is 5.38 Å². The van der Waals surface area contributed by atoms with Gasteiger partial charge in [-0.25, -0.2) is 4.98 Å². The number of carbonyl (C=O) groups excluding carboxylic acids is 1. The van der Waals surface area contributed by atoms with E-state index in [1.54, 1.807) is 18.2 Å². The van der Waals surface area contributed by atoms with Crippen LogP contribution in [0.5, 0.6) is 0 Å². The predicted octanol–water partition coefficient (Wildman–Crippen LogP) is 4.99. The lowest BCUT2D eigenvalue weighted by molar-refractivity contribution is 0.102. The van der Waals surface area contributed by atoms with Crippen LogP contribution in [0.3, 0.4) is 0 Å². The molecule has 1 amide bonds. The van der Waals surface area contributed by atoms with Crippen molar-refractivity contribution in [2.24, 2.45) is 0 Å². The van der Waals surface area contributed by atoms with Gasteiger partial charge in [0.05, 0.1) is 17.4 Å². The van der Waals surface area contributed by atoms with Gasteiger partial charge in [-0.3, -0.25) is 10.1 Å². The summed E-state index contributed by atoms with van der Waals surface area (Å²) in [5, 5.41) is 5.44. The van der Waals surface area contributed by atoms with Crippen molar-refractivity contribution in [3.8, 4) is 11.3 Å². The summed E-state index contributed by atoms with van der Waals surface area (Å²) in [4.78, 5) is 17.1. The van der Waals surface area contributed by atoms with Gasteiger partial charge in [0.1, 0.15) is 11.0 Å². The van der Waals surface area contributed by atoms with Crippen LogP contribution in [0.2, 0.25) is 0 Å². The van der Waals surface area contributed by atoms with Crippen LogP contribution >= 0.6 is 23.1 Å². The average molecular weight is 380 g/mol. The molecule has 130 valence electrons. The highest BCUT2D eigenvalue weighted by atomic mass is 32.1. The lowest BCUT2D eigenvalue weighted by atomic mass is 9.98. The van der Waals surface area contributed by atoms with Gasteiger partial charge in [0, 0.05) is 16.5 Å². The summed E-state index contributed by atoms with van der Waals surface area (Å²) in [7, 11) is 0. The molecule has 0 radical (unpaired) electrons. The zero-order valence-corrected chi connectivity index (χ0v) is 16.2. The minimum atomic E-state index is -0.196. The van der Waals surface area contributed by atoms with Gasteiger partial charge in [-0.05, 0) is 50.1 Å². The Bertz CT molecular complexity index is 1110. The molecule has 2 heterocycles. The second-order valence-electron chi connectivity index (χ2n) is 6.23. The number of hydrogen-bond acceptors (Lipinski definition) is 6. The third-order valence-electron chi connectivity index (χ3n) is 4.17. The van der Waals surface area contributed by atoms with Crippen molar-refractivity contribution in [2.45, 2.75) is 20.8 Å². The normalized spacial score (nSPS) is 11.0. The van der Waals surface area contributed by atoms with Gasteiger partial charge in [-0.1, -0.05) is 17.7 Å². The SMILES string of the molecule is Cc1cc(C)c(-c2csc(NC(=O)c3ccc4nsnc4c3)n2)c(C)c1. The summed E-state index contributed by atoms with van der Waals surface area (Å²) in [5.74, 6) is -0.196. The number of aryl methyl sites for hydroxylation is 3. The smallest absolute Gasteiger partial charge is 0.257 e. The number of aromatic nitrogens is 3. The molecular formula is C19H16N4OS2. The fourth-order valence-corrected chi connectivity index (χ4v) is 4.34. The third kappa shape index (κ3) is 3.11. The van der Waals surface area contributed by atoms with Crippen LogP contribution < -0.4 is 5.32 Å². The van der Waals surface area contributed by atoms with Crippen LogP contribution in [0, 0.1) is 20.8 Å². The minimum absolute atomic E-state index is 0.196. The van der Waals surface area contributed by atoms with Crippen molar-refractivity contribution >= 4 is 45.1 Å². The highest BCUT2D eigenvalue weighted by Gasteiger charge is 2.14. The van der Waals surface area contributed by atoms with Crippen LogP contribution in [-0.4, -0.2) is 19.6 Å². The van der Waals surface area contributed by atoms with E-state index in [1.165, 1.54) is 28.0 Å². The van der Waals surface area contributed by atoms with Crippen molar-refractivity contribution in [3.05, 3.63) is 58.0 Å². The first-order chi connectivity index (χ1) is 12.5. The third-order valence-corrected chi connectivity index (χ3v) is 5.49. The molecule has 2 aromatic heterocycles. The summed E-state index contributed by atoms with van der Waals surface area (Å²) in [6, 6.07) is 9.60. The summed E-state index contributed by atoms with van der Waals surface area (Å²) in [6.07, 6.45) is 0. The Morgan fingerprint density at radius 3 is 2.50 bits per heavy atom. The van der Waals surface area contributed by atoms with E-state index < -0.39 is 0 Å². The van der Waals surface area contributed by atoms with Gasteiger partial charge in [-0.15, -0.1) is 11.3 Å². The topological polar surface area (TPSA) is 67.8 Å². The number of anilines is 1. The number of fused-ring (bicyclic) bond motifs is 1. The van der Waals surface area contributed by atoms with Crippen molar-refractivity contribution < 1.29 is 4.79 Å². The monoisotopic (exact) mass is 380 g/mol. The van der Waals surface area contributed by atoms with E-state index in [4.69, 9.17) is 0 Å². The van der Waals surface area contributed by atoms with Gasteiger partial charge < -0.3 is 0 Å². The molecule has 0 aliphatic carbocycles. The predicted molar refractivity (Wildman–Crippen MR) is 107 cm³/mol. The molecule has 0 saturated carbocycles. The van der Waals surface area contributed by atoms with Crippen LogP contribution in [0.25, 0.3) is 22.3 Å². The zero-order chi connectivity index (χ0) is 18.3. The maximum Gasteiger partial charge on any atom is 0.257 e. The van der Waals surface area contributed by atoms with Crippen molar-refractivity contribution in [1.29, 1.82) is 0 Å². The summed E-state index contributed by atoms with van der Waals surface area (Å²) >= 11 is 2.57. The number of nitrogens with one attached hydrogen (secondary N) is 1. The zero-order valence-electron chi connectivity index (χ0n) is 14.5. The number of amides is 1. The molecule has 0 fully saturated rings. The van der Waals surface area contributed by atoms with E-state index in [9.17, 15) is 4.79 Å².